The summed E-state index contributed by atoms with van der Waals surface area (Å²) in [5, 5.41) is 9.87. The number of hydrogen-bond donors (Lipinski definition) is 3. The Balaban J connectivity index is 2.01. The van der Waals surface area contributed by atoms with Gasteiger partial charge in [-0.1, -0.05) is 45.9 Å². The van der Waals surface area contributed by atoms with Gasteiger partial charge in [-0.05, 0) is 30.3 Å². The van der Waals surface area contributed by atoms with Crippen LogP contribution in [0.4, 0.5) is 0 Å². The molecule has 0 amide bonds. The number of nitrogen functional groups attached to an aromatic ring is 1. The molecule has 1 aromatic heterocycles. The van der Waals surface area contributed by atoms with Gasteiger partial charge in [0.15, 0.2) is 0 Å². The van der Waals surface area contributed by atoms with E-state index >= 15 is 0 Å². The van der Waals surface area contributed by atoms with E-state index in [1.165, 1.54) is 5.39 Å². The summed E-state index contributed by atoms with van der Waals surface area (Å²) < 4.78 is 0.973. The smallest absolute Gasteiger partial charge is 0.123 e. The lowest BCUT2D eigenvalue weighted by molar-refractivity contribution is 1.23. The van der Waals surface area contributed by atoms with Crippen LogP contribution in [0.25, 0.3) is 10.9 Å². The van der Waals surface area contributed by atoms with Crippen molar-refractivity contribution in [1.29, 1.82) is 5.41 Å². The Morgan fingerprint density at radius 3 is 2.70 bits per heavy atom. The van der Waals surface area contributed by atoms with Gasteiger partial charge >= 0.3 is 0 Å². The van der Waals surface area contributed by atoms with Gasteiger partial charge < -0.3 is 10.7 Å². The van der Waals surface area contributed by atoms with Crippen LogP contribution >= 0.6 is 27.7 Å². The highest BCUT2D eigenvalue weighted by molar-refractivity contribution is 9.10. The highest BCUT2D eigenvalue weighted by atomic mass is 79.9. The van der Waals surface area contributed by atoms with Gasteiger partial charge in [-0.15, -0.1) is 0 Å². The van der Waals surface area contributed by atoms with Gasteiger partial charge in [0, 0.05) is 25.8 Å². The van der Waals surface area contributed by atoms with E-state index in [0.29, 0.717) is 0 Å². The van der Waals surface area contributed by atoms with Gasteiger partial charge in [0.25, 0.3) is 0 Å². The average Bonchev–Trinajstić information content (AvgIpc) is 2.80. The van der Waals surface area contributed by atoms with Crippen molar-refractivity contribution >= 4 is 44.4 Å². The number of aromatic amines is 1. The number of rotatable bonds is 3. The third-order valence-corrected chi connectivity index (χ3v) is 4.45. The SMILES string of the molecule is N=C(N)c1ccc(Br)cc1Sc1cc2ccccc2[nH]1. The van der Waals surface area contributed by atoms with Crippen LogP contribution in [0.3, 0.4) is 0 Å². The van der Waals surface area contributed by atoms with Gasteiger partial charge in [0.05, 0.1) is 5.03 Å². The van der Waals surface area contributed by atoms with E-state index in [1.54, 1.807) is 11.8 Å². The number of nitrogens with one attached hydrogen (secondary N) is 2. The molecule has 5 heteroatoms. The second-order valence-corrected chi connectivity index (χ2v) is 6.38. The topological polar surface area (TPSA) is 65.7 Å². The van der Waals surface area contributed by atoms with E-state index in [2.05, 4.69) is 33.0 Å². The number of para-hydroxylation sites is 1. The summed E-state index contributed by atoms with van der Waals surface area (Å²) >= 11 is 5.03. The molecule has 3 rings (SSSR count). The fourth-order valence-corrected chi connectivity index (χ4v) is 3.59. The van der Waals surface area contributed by atoms with Crippen molar-refractivity contribution in [3.05, 3.63) is 58.6 Å². The molecular weight excluding hydrogens is 334 g/mol. The predicted molar refractivity (Wildman–Crippen MR) is 87.6 cm³/mol. The summed E-state index contributed by atoms with van der Waals surface area (Å²) in [4.78, 5) is 4.32. The zero-order valence-corrected chi connectivity index (χ0v) is 12.9. The summed E-state index contributed by atoms with van der Waals surface area (Å²) in [6.45, 7) is 0. The quantitative estimate of drug-likeness (QED) is 0.487. The van der Waals surface area contributed by atoms with E-state index in [-0.39, 0.29) is 5.84 Å². The molecule has 0 spiro atoms. The van der Waals surface area contributed by atoms with Crippen molar-refractivity contribution in [1.82, 2.24) is 4.98 Å². The molecule has 0 radical (unpaired) electrons. The highest BCUT2D eigenvalue weighted by Crippen LogP contribution is 2.33. The molecule has 1 heterocycles. The van der Waals surface area contributed by atoms with Gasteiger partial charge in [-0.3, -0.25) is 5.41 Å². The van der Waals surface area contributed by atoms with Crippen LogP contribution in [0, 0.1) is 5.41 Å². The third-order valence-electron chi connectivity index (χ3n) is 2.96. The Kier molecular flexibility index (Phi) is 3.54. The van der Waals surface area contributed by atoms with E-state index in [0.717, 1.165) is 25.5 Å². The number of amidine groups is 1. The molecule has 3 nitrogen and oxygen atoms in total. The van der Waals surface area contributed by atoms with Crippen molar-refractivity contribution in [3.63, 3.8) is 0 Å². The van der Waals surface area contributed by atoms with Crippen LogP contribution in [0.2, 0.25) is 0 Å². The zero-order valence-electron chi connectivity index (χ0n) is 10.5. The lowest BCUT2D eigenvalue weighted by atomic mass is 10.2. The van der Waals surface area contributed by atoms with Crippen molar-refractivity contribution in [3.8, 4) is 0 Å². The number of benzene rings is 2. The number of aromatic nitrogens is 1. The van der Waals surface area contributed by atoms with E-state index < -0.39 is 0 Å². The Bertz CT molecular complexity index is 762. The normalized spacial score (nSPS) is 10.8. The summed E-state index contributed by atoms with van der Waals surface area (Å²) in [5.74, 6) is 0.0797. The number of hydrogen-bond acceptors (Lipinski definition) is 2. The van der Waals surface area contributed by atoms with E-state index in [4.69, 9.17) is 11.1 Å². The lowest BCUT2D eigenvalue weighted by Crippen LogP contribution is -2.12. The van der Waals surface area contributed by atoms with Gasteiger partial charge in [-0.2, -0.15) is 0 Å². The first-order valence-corrected chi connectivity index (χ1v) is 7.64. The van der Waals surface area contributed by atoms with Gasteiger partial charge in [0.2, 0.25) is 0 Å². The molecule has 2 aromatic carbocycles. The van der Waals surface area contributed by atoms with Crippen LogP contribution in [0.15, 0.2) is 62.9 Å². The molecule has 0 aliphatic rings. The molecule has 0 fully saturated rings. The van der Waals surface area contributed by atoms with Gasteiger partial charge in [-0.25, -0.2) is 0 Å². The second-order valence-electron chi connectivity index (χ2n) is 4.38. The van der Waals surface area contributed by atoms with Crippen LogP contribution in [-0.2, 0) is 0 Å². The van der Waals surface area contributed by atoms with Crippen LogP contribution in [0.5, 0.6) is 0 Å². The summed E-state index contributed by atoms with van der Waals surface area (Å²) in [7, 11) is 0. The molecule has 20 heavy (non-hydrogen) atoms. The maximum Gasteiger partial charge on any atom is 0.123 e. The largest absolute Gasteiger partial charge is 0.384 e. The first-order valence-electron chi connectivity index (χ1n) is 6.03. The monoisotopic (exact) mass is 345 g/mol. The van der Waals surface area contributed by atoms with Crippen LogP contribution < -0.4 is 5.73 Å². The molecule has 0 aliphatic carbocycles. The second kappa shape index (κ2) is 5.34. The maximum atomic E-state index is 7.66. The van der Waals surface area contributed by atoms with Crippen molar-refractivity contribution in [2.75, 3.05) is 0 Å². The van der Waals surface area contributed by atoms with Crippen molar-refractivity contribution < 1.29 is 0 Å². The average molecular weight is 346 g/mol. The van der Waals surface area contributed by atoms with E-state index in [1.807, 2.05) is 36.4 Å². The first kappa shape index (κ1) is 13.3. The standard InChI is InChI=1S/C15H12BrN3S/c16-10-5-6-11(15(17)18)13(8-10)20-14-7-9-3-1-2-4-12(9)19-14/h1-8,19H,(H3,17,18). The minimum Gasteiger partial charge on any atom is -0.384 e. The maximum absolute atomic E-state index is 7.66. The fourth-order valence-electron chi connectivity index (χ4n) is 2.02. The number of fused-ring (bicyclic) bond motifs is 1. The van der Waals surface area contributed by atoms with Crippen LogP contribution in [-0.4, -0.2) is 10.8 Å². The Hall–Kier alpha value is -1.72. The minimum atomic E-state index is 0.0797. The van der Waals surface area contributed by atoms with Crippen molar-refractivity contribution in [2.24, 2.45) is 5.73 Å². The number of halogens is 1. The predicted octanol–water partition coefficient (Wildman–Crippen LogP) is 4.37. The highest BCUT2D eigenvalue weighted by Gasteiger charge is 2.09. The zero-order chi connectivity index (χ0) is 14.1. The number of H-pyrrole nitrogens is 1. The Labute approximate surface area is 129 Å². The molecule has 0 saturated carbocycles. The minimum absolute atomic E-state index is 0.0797. The fraction of sp³-hybridized carbons (Fsp3) is 0. The lowest BCUT2D eigenvalue weighted by Gasteiger charge is -2.07. The molecule has 0 saturated heterocycles. The summed E-state index contributed by atoms with van der Waals surface area (Å²) in [5.41, 5.74) is 7.49. The number of nitrogens with two attached hydrogens (primary N) is 1. The first-order chi connectivity index (χ1) is 9.63. The molecular formula is C15H12BrN3S. The molecule has 0 atom stereocenters. The summed E-state index contributed by atoms with van der Waals surface area (Å²) in [6.07, 6.45) is 0. The molecule has 4 N–H and O–H groups in total. The van der Waals surface area contributed by atoms with Gasteiger partial charge in [0.1, 0.15) is 5.84 Å². The van der Waals surface area contributed by atoms with Crippen LogP contribution in [0.1, 0.15) is 5.56 Å². The molecule has 100 valence electrons. The Morgan fingerprint density at radius 2 is 1.95 bits per heavy atom. The molecule has 0 aliphatic heterocycles. The third kappa shape index (κ3) is 2.59. The summed E-state index contributed by atoms with van der Waals surface area (Å²) in [6, 6.07) is 16.0. The van der Waals surface area contributed by atoms with E-state index in [9.17, 15) is 0 Å². The van der Waals surface area contributed by atoms with Crippen molar-refractivity contribution in [2.45, 2.75) is 9.92 Å². The Morgan fingerprint density at radius 1 is 1.15 bits per heavy atom. The molecule has 0 bridgehead atoms. The molecule has 3 aromatic rings. The molecule has 0 unspecified atom stereocenters.